The fourth-order valence-electron chi connectivity index (χ4n) is 2.91. The third kappa shape index (κ3) is 5.55. The van der Waals surface area contributed by atoms with Crippen molar-refractivity contribution in [2.75, 3.05) is 18.0 Å². The molecule has 8 heteroatoms. The molecule has 3 aromatic rings. The lowest BCUT2D eigenvalue weighted by atomic mass is 10.2. The number of halogens is 2. The van der Waals surface area contributed by atoms with E-state index in [2.05, 4.69) is 39.2 Å². The Labute approximate surface area is 179 Å². The molecule has 0 amide bonds. The van der Waals surface area contributed by atoms with Crippen LogP contribution >= 0.6 is 0 Å². The quantitative estimate of drug-likeness (QED) is 0.391. The van der Waals surface area contributed by atoms with E-state index in [-0.39, 0.29) is 11.3 Å². The number of rotatable bonds is 8. The maximum atomic E-state index is 13.9. The number of anilines is 1. The zero-order valence-electron chi connectivity index (χ0n) is 17.3. The maximum Gasteiger partial charge on any atom is 0.186 e. The first-order chi connectivity index (χ1) is 15.0. The second-order valence-electron chi connectivity index (χ2n) is 6.63. The highest BCUT2D eigenvalue weighted by molar-refractivity contribution is 5.53. The van der Waals surface area contributed by atoms with Crippen molar-refractivity contribution in [3.63, 3.8) is 0 Å². The van der Waals surface area contributed by atoms with Crippen molar-refractivity contribution in [3.05, 3.63) is 77.9 Å². The van der Waals surface area contributed by atoms with Crippen LogP contribution in [0, 0.1) is 11.6 Å². The number of aliphatic hydroxyl groups excluding tert-OH is 1. The minimum absolute atomic E-state index is 0.131. The Kier molecular flexibility index (Phi) is 7.50. The van der Waals surface area contributed by atoms with Gasteiger partial charge in [-0.3, -0.25) is 0 Å². The number of hydrogen-bond acceptors (Lipinski definition) is 6. The van der Waals surface area contributed by atoms with Crippen molar-refractivity contribution in [2.45, 2.75) is 20.5 Å². The summed E-state index contributed by atoms with van der Waals surface area (Å²) in [6, 6.07) is 17.1. The Hall–Kier alpha value is -3.52. The molecule has 0 saturated heterocycles. The Balaban J connectivity index is 1.66. The smallest absolute Gasteiger partial charge is 0.186 e. The summed E-state index contributed by atoms with van der Waals surface area (Å²) >= 11 is 0. The van der Waals surface area contributed by atoms with Crippen molar-refractivity contribution >= 4 is 28.4 Å². The van der Waals surface area contributed by atoms with Crippen LogP contribution in [0.2, 0.25) is 0 Å². The Morgan fingerprint density at radius 3 is 1.65 bits per heavy atom. The van der Waals surface area contributed by atoms with Gasteiger partial charge in [-0.1, -0.05) is 6.07 Å². The predicted octanol–water partition coefficient (Wildman–Crippen LogP) is 7.13. The number of aliphatic hydroxyl groups is 1. The lowest BCUT2D eigenvalue weighted by Crippen LogP contribution is -2.21. The van der Waals surface area contributed by atoms with E-state index < -0.39 is 18.2 Å². The highest BCUT2D eigenvalue weighted by Gasteiger charge is 2.12. The van der Waals surface area contributed by atoms with Gasteiger partial charge in [0.05, 0.1) is 23.7 Å². The molecular weight excluding hydrogens is 400 g/mol. The van der Waals surface area contributed by atoms with E-state index in [1.807, 2.05) is 24.3 Å². The lowest BCUT2D eigenvalue weighted by Gasteiger charge is -2.20. The molecule has 0 atom stereocenters. The second-order valence-corrected chi connectivity index (χ2v) is 6.63. The van der Waals surface area contributed by atoms with Crippen LogP contribution in [0.15, 0.2) is 81.1 Å². The third-order valence-electron chi connectivity index (χ3n) is 4.69. The number of benzene rings is 3. The summed E-state index contributed by atoms with van der Waals surface area (Å²) in [5.74, 6) is -2.27. The summed E-state index contributed by atoms with van der Waals surface area (Å²) in [6.07, 6.45) is 0. The fourth-order valence-corrected chi connectivity index (χ4v) is 2.91. The molecule has 0 spiro atoms. The van der Waals surface area contributed by atoms with Crippen molar-refractivity contribution < 1.29 is 13.9 Å². The van der Waals surface area contributed by atoms with Crippen LogP contribution < -0.4 is 4.90 Å². The molecule has 6 nitrogen and oxygen atoms in total. The molecular formula is C23H23F2N5O. The zero-order valence-corrected chi connectivity index (χ0v) is 17.3. The van der Waals surface area contributed by atoms with Gasteiger partial charge >= 0.3 is 0 Å². The lowest BCUT2D eigenvalue weighted by molar-refractivity contribution is 0.273. The topological polar surface area (TPSA) is 72.9 Å². The standard InChI is InChI=1S/C23H23F2N5O/c1-3-30(4-2)20-12-10-19(11-13-20)27-26-17-6-8-18(9-7-17)28-29-21-14-5-16(15-31)22(24)23(21)25/h5-14,31H,3-4,15H2,1-2H3. The van der Waals surface area contributed by atoms with Gasteiger partial charge in [0.25, 0.3) is 0 Å². The molecule has 31 heavy (non-hydrogen) atoms. The van der Waals surface area contributed by atoms with Crippen molar-refractivity contribution in [3.8, 4) is 0 Å². The molecule has 3 aromatic carbocycles. The Bertz CT molecular complexity index is 1060. The molecule has 160 valence electrons. The van der Waals surface area contributed by atoms with Crippen molar-refractivity contribution in [2.24, 2.45) is 20.5 Å². The first-order valence-electron chi connectivity index (χ1n) is 9.92. The summed E-state index contributed by atoms with van der Waals surface area (Å²) in [5.41, 5.74) is 2.58. The maximum absolute atomic E-state index is 13.9. The molecule has 0 radical (unpaired) electrons. The molecule has 0 aromatic heterocycles. The van der Waals surface area contributed by atoms with Crippen LogP contribution in [0.25, 0.3) is 0 Å². The highest BCUT2D eigenvalue weighted by atomic mass is 19.2. The van der Waals surface area contributed by atoms with E-state index in [4.69, 9.17) is 5.11 Å². The Morgan fingerprint density at radius 2 is 1.16 bits per heavy atom. The molecule has 0 aliphatic rings. The number of nitrogens with zero attached hydrogens (tertiary/aromatic N) is 5. The molecule has 0 unspecified atom stereocenters. The normalized spacial score (nSPS) is 11.5. The number of hydrogen-bond donors (Lipinski definition) is 1. The summed E-state index contributed by atoms with van der Waals surface area (Å²) in [7, 11) is 0. The van der Waals surface area contributed by atoms with E-state index in [1.165, 1.54) is 12.1 Å². The monoisotopic (exact) mass is 423 g/mol. The van der Waals surface area contributed by atoms with Crippen LogP contribution in [0.4, 0.5) is 37.2 Å². The van der Waals surface area contributed by atoms with Crippen molar-refractivity contribution in [1.82, 2.24) is 0 Å². The predicted molar refractivity (Wildman–Crippen MR) is 117 cm³/mol. The van der Waals surface area contributed by atoms with Gasteiger partial charge < -0.3 is 10.0 Å². The summed E-state index contributed by atoms with van der Waals surface area (Å²) in [4.78, 5) is 2.25. The average molecular weight is 423 g/mol. The van der Waals surface area contributed by atoms with Gasteiger partial charge in [0.15, 0.2) is 11.6 Å². The molecule has 1 N–H and O–H groups in total. The zero-order chi connectivity index (χ0) is 22.2. The van der Waals surface area contributed by atoms with E-state index >= 15 is 0 Å². The van der Waals surface area contributed by atoms with E-state index in [0.29, 0.717) is 11.4 Å². The molecule has 0 heterocycles. The van der Waals surface area contributed by atoms with Crippen molar-refractivity contribution in [1.29, 1.82) is 0 Å². The third-order valence-corrected chi connectivity index (χ3v) is 4.69. The minimum atomic E-state index is -1.15. The van der Waals surface area contributed by atoms with E-state index in [0.717, 1.165) is 24.5 Å². The summed E-state index contributed by atoms with van der Waals surface area (Å²) in [5, 5.41) is 25.0. The van der Waals surface area contributed by atoms with Gasteiger partial charge in [0.1, 0.15) is 5.69 Å². The van der Waals surface area contributed by atoms with Crippen LogP contribution in [-0.2, 0) is 6.61 Å². The summed E-state index contributed by atoms with van der Waals surface area (Å²) < 4.78 is 27.6. The van der Waals surface area contributed by atoms with Gasteiger partial charge in [-0.2, -0.15) is 15.3 Å². The first kappa shape index (κ1) is 22.2. The minimum Gasteiger partial charge on any atom is -0.392 e. The molecule has 3 rings (SSSR count). The molecule has 0 saturated carbocycles. The van der Waals surface area contributed by atoms with Gasteiger partial charge in [-0.25, -0.2) is 8.78 Å². The average Bonchev–Trinajstić information content (AvgIpc) is 2.81. The molecule has 0 aliphatic heterocycles. The fraction of sp³-hybridized carbons (Fsp3) is 0.217. The van der Waals surface area contributed by atoms with E-state index in [1.54, 1.807) is 24.3 Å². The van der Waals surface area contributed by atoms with Gasteiger partial charge in [-0.05, 0) is 68.4 Å². The van der Waals surface area contributed by atoms with Gasteiger partial charge in [-0.15, -0.1) is 5.11 Å². The Morgan fingerprint density at radius 1 is 0.677 bits per heavy atom. The SMILES string of the molecule is CCN(CC)c1ccc(N=Nc2ccc(N=Nc3ccc(CO)c(F)c3F)cc2)cc1. The second kappa shape index (κ2) is 10.5. The van der Waals surface area contributed by atoms with Crippen LogP contribution in [0.5, 0.6) is 0 Å². The first-order valence-corrected chi connectivity index (χ1v) is 9.92. The molecule has 0 bridgehead atoms. The van der Waals surface area contributed by atoms with Crippen LogP contribution in [0.1, 0.15) is 19.4 Å². The number of azo groups is 2. The van der Waals surface area contributed by atoms with E-state index in [9.17, 15) is 8.78 Å². The van der Waals surface area contributed by atoms with Gasteiger partial charge in [0, 0.05) is 24.3 Å². The molecule has 0 fully saturated rings. The van der Waals surface area contributed by atoms with Crippen LogP contribution in [0.3, 0.4) is 0 Å². The molecule has 0 aliphatic carbocycles. The summed E-state index contributed by atoms with van der Waals surface area (Å²) in [6.45, 7) is 5.52. The largest absolute Gasteiger partial charge is 0.392 e. The highest BCUT2D eigenvalue weighted by Crippen LogP contribution is 2.27. The van der Waals surface area contributed by atoms with Crippen LogP contribution in [-0.4, -0.2) is 18.2 Å². The van der Waals surface area contributed by atoms with Gasteiger partial charge in [0.2, 0.25) is 0 Å².